The fourth-order valence-corrected chi connectivity index (χ4v) is 1.82. The maximum Gasteiger partial charge on any atom is 0.126 e. The predicted molar refractivity (Wildman–Crippen MR) is 71.2 cm³/mol. The Bertz CT molecular complexity index is 549. The summed E-state index contributed by atoms with van der Waals surface area (Å²) < 4.78 is 5.57. The quantitative estimate of drug-likeness (QED) is 0.883. The highest BCUT2D eigenvalue weighted by molar-refractivity contribution is 5.46. The summed E-state index contributed by atoms with van der Waals surface area (Å²) in [6.45, 7) is 3.99. The number of anilines is 1. The van der Waals surface area contributed by atoms with Gasteiger partial charge in [-0.05, 0) is 43.7 Å². The zero-order valence-electron chi connectivity index (χ0n) is 10.6. The molecule has 1 atom stereocenters. The van der Waals surface area contributed by atoms with E-state index in [4.69, 9.17) is 9.68 Å². The summed E-state index contributed by atoms with van der Waals surface area (Å²) in [5, 5.41) is 12.0. The van der Waals surface area contributed by atoms with Gasteiger partial charge in [0.15, 0.2) is 0 Å². The van der Waals surface area contributed by atoms with Crippen molar-refractivity contribution in [1.82, 2.24) is 0 Å². The standard InChI is InChI=1S/C15H16N2O/c1-11-3-8-15(18-11)12(2)17-14-6-4-13(5-7-14)9-10-16/h3-8,12,17H,9H2,1-2H3. The fraction of sp³-hybridized carbons (Fsp3) is 0.267. The van der Waals surface area contributed by atoms with E-state index in [1.54, 1.807) is 0 Å². The Morgan fingerprint density at radius 1 is 1.22 bits per heavy atom. The van der Waals surface area contributed by atoms with Crippen LogP contribution in [0.1, 0.15) is 30.0 Å². The van der Waals surface area contributed by atoms with Gasteiger partial charge < -0.3 is 9.73 Å². The molecule has 3 heteroatoms. The molecule has 1 heterocycles. The van der Waals surface area contributed by atoms with Crippen molar-refractivity contribution in [2.24, 2.45) is 0 Å². The smallest absolute Gasteiger partial charge is 0.126 e. The Morgan fingerprint density at radius 3 is 2.50 bits per heavy atom. The second-order valence-corrected chi connectivity index (χ2v) is 4.35. The van der Waals surface area contributed by atoms with Crippen LogP contribution in [-0.2, 0) is 6.42 Å². The molecule has 92 valence electrons. The third-order valence-electron chi connectivity index (χ3n) is 2.81. The van der Waals surface area contributed by atoms with E-state index in [9.17, 15) is 0 Å². The van der Waals surface area contributed by atoms with Crippen molar-refractivity contribution >= 4 is 5.69 Å². The molecule has 0 aliphatic rings. The average Bonchev–Trinajstić information content (AvgIpc) is 2.79. The van der Waals surface area contributed by atoms with Crippen molar-refractivity contribution in [2.75, 3.05) is 5.32 Å². The molecule has 1 aromatic heterocycles. The van der Waals surface area contributed by atoms with Crippen molar-refractivity contribution < 1.29 is 4.42 Å². The molecule has 0 aliphatic carbocycles. The first kappa shape index (κ1) is 12.3. The first-order chi connectivity index (χ1) is 8.69. The van der Waals surface area contributed by atoms with Gasteiger partial charge in [0.2, 0.25) is 0 Å². The van der Waals surface area contributed by atoms with E-state index in [1.165, 1.54) is 0 Å². The lowest BCUT2D eigenvalue weighted by molar-refractivity contribution is 0.467. The number of hydrogen-bond donors (Lipinski definition) is 1. The van der Waals surface area contributed by atoms with Gasteiger partial charge in [0.1, 0.15) is 11.5 Å². The van der Waals surface area contributed by atoms with Crippen LogP contribution in [0.2, 0.25) is 0 Å². The van der Waals surface area contributed by atoms with Gasteiger partial charge in [0.05, 0.1) is 18.5 Å². The molecular formula is C15H16N2O. The van der Waals surface area contributed by atoms with Crippen LogP contribution in [0.25, 0.3) is 0 Å². The Hall–Kier alpha value is -2.21. The van der Waals surface area contributed by atoms with Crippen molar-refractivity contribution in [3.63, 3.8) is 0 Å². The van der Waals surface area contributed by atoms with Crippen LogP contribution in [-0.4, -0.2) is 0 Å². The minimum Gasteiger partial charge on any atom is -0.464 e. The summed E-state index contributed by atoms with van der Waals surface area (Å²) in [6, 6.07) is 14.1. The molecule has 3 nitrogen and oxygen atoms in total. The van der Waals surface area contributed by atoms with Crippen molar-refractivity contribution in [3.8, 4) is 6.07 Å². The van der Waals surface area contributed by atoms with Gasteiger partial charge in [0, 0.05) is 5.69 Å². The zero-order chi connectivity index (χ0) is 13.0. The second-order valence-electron chi connectivity index (χ2n) is 4.35. The number of furan rings is 1. The van der Waals surface area contributed by atoms with Crippen molar-refractivity contribution in [1.29, 1.82) is 5.26 Å². The van der Waals surface area contributed by atoms with E-state index in [1.807, 2.05) is 43.3 Å². The molecule has 2 aromatic rings. The number of benzene rings is 1. The Morgan fingerprint density at radius 2 is 1.94 bits per heavy atom. The first-order valence-electron chi connectivity index (χ1n) is 5.98. The molecular weight excluding hydrogens is 224 g/mol. The molecule has 0 fully saturated rings. The molecule has 2 rings (SSSR count). The summed E-state index contributed by atoms with van der Waals surface area (Å²) in [5.41, 5.74) is 2.06. The van der Waals surface area contributed by atoms with Crippen LogP contribution >= 0.6 is 0 Å². The normalized spacial score (nSPS) is 11.8. The van der Waals surface area contributed by atoms with Gasteiger partial charge in [-0.3, -0.25) is 0 Å². The summed E-state index contributed by atoms with van der Waals surface area (Å²) in [7, 11) is 0. The number of hydrogen-bond acceptors (Lipinski definition) is 3. The topological polar surface area (TPSA) is 49.0 Å². The molecule has 1 unspecified atom stereocenters. The Kier molecular flexibility index (Phi) is 3.69. The third kappa shape index (κ3) is 2.92. The largest absolute Gasteiger partial charge is 0.464 e. The second kappa shape index (κ2) is 5.42. The molecule has 1 aromatic carbocycles. The first-order valence-corrected chi connectivity index (χ1v) is 5.98. The molecule has 0 spiro atoms. The maximum atomic E-state index is 8.61. The van der Waals surface area contributed by atoms with Crippen molar-refractivity contribution in [2.45, 2.75) is 26.3 Å². The van der Waals surface area contributed by atoms with Crippen molar-refractivity contribution in [3.05, 3.63) is 53.5 Å². The minimum atomic E-state index is 0.125. The Labute approximate surface area is 107 Å². The fourth-order valence-electron chi connectivity index (χ4n) is 1.82. The van der Waals surface area contributed by atoms with E-state index in [-0.39, 0.29) is 6.04 Å². The summed E-state index contributed by atoms with van der Waals surface area (Å²) in [6.07, 6.45) is 0.452. The highest BCUT2D eigenvalue weighted by atomic mass is 16.3. The highest BCUT2D eigenvalue weighted by Crippen LogP contribution is 2.21. The van der Waals surface area contributed by atoms with E-state index in [0.29, 0.717) is 6.42 Å². The SMILES string of the molecule is Cc1ccc(C(C)Nc2ccc(CC#N)cc2)o1. The number of aryl methyl sites for hydroxylation is 1. The molecule has 18 heavy (non-hydrogen) atoms. The number of nitrogens with zero attached hydrogens (tertiary/aromatic N) is 1. The Balaban J connectivity index is 2.03. The van der Waals surface area contributed by atoms with E-state index in [0.717, 1.165) is 22.8 Å². The van der Waals surface area contributed by atoms with Crippen LogP contribution in [0.4, 0.5) is 5.69 Å². The van der Waals surface area contributed by atoms with Crippen LogP contribution in [0, 0.1) is 18.3 Å². The molecule has 0 saturated carbocycles. The maximum absolute atomic E-state index is 8.61. The van der Waals surface area contributed by atoms with Gasteiger partial charge in [-0.25, -0.2) is 0 Å². The lowest BCUT2D eigenvalue weighted by Gasteiger charge is -2.13. The molecule has 0 radical (unpaired) electrons. The van der Waals surface area contributed by atoms with E-state index >= 15 is 0 Å². The number of nitriles is 1. The van der Waals surface area contributed by atoms with Crippen LogP contribution in [0.15, 0.2) is 40.8 Å². The monoisotopic (exact) mass is 240 g/mol. The van der Waals surface area contributed by atoms with Crippen LogP contribution in [0.5, 0.6) is 0 Å². The zero-order valence-corrected chi connectivity index (χ0v) is 10.6. The summed E-state index contributed by atoms with van der Waals surface area (Å²) >= 11 is 0. The molecule has 0 saturated heterocycles. The molecule has 1 N–H and O–H groups in total. The highest BCUT2D eigenvalue weighted by Gasteiger charge is 2.08. The minimum absolute atomic E-state index is 0.125. The van der Waals surface area contributed by atoms with Gasteiger partial charge >= 0.3 is 0 Å². The van der Waals surface area contributed by atoms with Gasteiger partial charge in [-0.2, -0.15) is 5.26 Å². The summed E-state index contributed by atoms with van der Waals surface area (Å²) in [5.74, 6) is 1.84. The van der Waals surface area contributed by atoms with Gasteiger partial charge in [-0.15, -0.1) is 0 Å². The summed E-state index contributed by atoms with van der Waals surface area (Å²) in [4.78, 5) is 0. The predicted octanol–water partition coefficient (Wildman–Crippen LogP) is 3.83. The lowest BCUT2D eigenvalue weighted by Crippen LogP contribution is -2.05. The number of rotatable bonds is 4. The lowest BCUT2D eigenvalue weighted by atomic mass is 10.1. The van der Waals surface area contributed by atoms with E-state index in [2.05, 4.69) is 18.3 Å². The van der Waals surface area contributed by atoms with E-state index < -0.39 is 0 Å². The molecule has 0 aliphatic heterocycles. The van der Waals surface area contributed by atoms with Crippen LogP contribution < -0.4 is 5.32 Å². The van der Waals surface area contributed by atoms with Gasteiger partial charge in [-0.1, -0.05) is 12.1 Å². The molecule has 0 amide bonds. The van der Waals surface area contributed by atoms with Crippen LogP contribution in [0.3, 0.4) is 0 Å². The third-order valence-corrected chi connectivity index (χ3v) is 2.81. The average molecular weight is 240 g/mol. The molecule has 0 bridgehead atoms. The van der Waals surface area contributed by atoms with Gasteiger partial charge in [0.25, 0.3) is 0 Å². The number of nitrogens with one attached hydrogen (secondary N) is 1.